The van der Waals surface area contributed by atoms with Gasteiger partial charge in [-0.15, -0.1) is 0 Å². The molecule has 3 saturated heterocycles. The Kier molecular flexibility index (Phi) is 42.8. The number of Topliss-reactive ketones (excluding diaryl/α,β-unsaturated/α-hetero) is 2. The number of ether oxygens (including phenoxy) is 14. The number of methoxy groups -OCH3 is 3. The van der Waals surface area contributed by atoms with Crippen LogP contribution in [0.5, 0.6) is 0 Å². The highest BCUT2D eigenvalue weighted by Crippen LogP contribution is 2.40. The molecular weight excluding hydrogens is 1700 g/mol. The molecule has 2 bridgehead atoms. The molecule has 131 heavy (non-hydrogen) atoms. The van der Waals surface area contributed by atoms with E-state index >= 15 is 0 Å². The average molecular weight is 1850 g/mol. The van der Waals surface area contributed by atoms with E-state index in [2.05, 4.69) is 41.1 Å². The van der Waals surface area contributed by atoms with Crippen molar-refractivity contribution in [1.29, 1.82) is 0 Å². The van der Waals surface area contributed by atoms with Crippen LogP contribution in [0, 0.1) is 49.4 Å². The number of piperazine rings is 1. The maximum absolute atomic E-state index is 14.8. The van der Waals surface area contributed by atoms with E-state index in [0.29, 0.717) is 220 Å². The molecule has 10 rings (SSSR count). The van der Waals surface area contributed by atoms with Gasteiger partial charge in [-0.25, -0.2) is 9.59 Å². The van der Waals surface area contributed by atoms with Gasteiger partial charge in [0.15, 0.2) is 10.8 Å². The van der Waals surface area contributed by atoms with Gasteiger partial charge in [-0.05, 0) is 187 Å². The minimum atomic E-state index is -2.46. The lowest BCUT2D eigenvalue weighted by Gasteiger charge is -2.43. The molecule has 2 amide bonds. The van der Waals surface area contributed by atoms with Gasteiger partial charge in [0.05, 0.1) is 158 Å². The number of carbonyl (C=O) groups is 5. The number of allylic oxidation sites excluding steroid dienone is 5. The summed E-state index contributed by atoms with van der Waals surface area (Å²) in [6.07, 6.45) is 15.9. The molecule has 16 atom stereocenters. The summed E-state index contributed by atoms with van der Waals surface area (Å²) in [5.41, 5.74) is 9.29. The summed E-state index contributed by atoms with van der Waals surface area (Å²) in [5.74, 6) is -7.56. The first-order valence-electron chi connectivity index (χ1n) is 47.2. The summed E-state index contributed by atoms with van der Waals surface area (Å²) in [6.45, 7) is 26.1. The third kappa shape index (κ3) is 30.3. The monoisotopic (exact) mass is 1840 g/mol. The van der Waals surface area contributed by atoms with E-state index in [1.807, 2.05) is 100 Å². The maximum Gasteiger partial charge on any atom is 0.333 e. The number of ketones is 2. The third-order valence-electron chi connectivity index (χ3n) is 26.2. The maximum atomic E-state index is 14.8. The van der Waals surface area contributed by atoms with E-state index in [0.717, 1.165) is 67.7 Å². The summed E-state index contributed by atoms with van der Waals surface area (Å²) in [6, 6.07) is 15.1. The van der Waals surface area contributed by atoms with Crippen LogP contribution in [0.15, 0.2) is 113 Å². The molecular formula is C100H145N7O23S. The molecule has 2 aromatic carbocycles. The number of aromatic nitrogens is 4. The van der Waals surface area contributed by atoms with Gasteiger partial charge in [-0.3, -0.25) is 38.3 Å². The van der Waals surface area contributed by atoms with E-state index in [4.69, 9.17) is 83.5 Å². The number of aryl methyl sites for hydroxylation is 3. The van der Waals surface area contributed by atoms with Crippen LogP contribution in [0.3, 0.4) is 0 Å². The lowest BCUT2D eigenvalue weighted by molar-refractivity contribution is -0.265. The molecule has 0 spiro atoms. The molecule has 3 aromatic heterocycles. The molecule has 1 aliphatic carbocycles. The topological polar surface area (TPSA) is 338 Å². The van der Waals surface area contributed by atoms with Crippen LogP contribution in [-0.2, 0) is 97.3 Å². The molecule has 31 heteroatoms. The Morgan fingerprint density at radius 2 is 1.29 bits per heavy atom. The normalized spacial score (nSPS) is 27.3. The smallest absolute Gasteiger partial charge is 0.333 e. The van der Waals surface area contributed by atoms with Crippen molar-refractivity contribution >= 4 is 74.2 Å². The number of pyridine rings is 2. The number of esters is 1. The largest absolute Gasteiger partial charge is 0.481 e. The average Bonchev–Trinajstić information content (AvgIpc) is 1.59. The number of piperidine rings is 1. The van der Waals surface area contributed by atoms with Crippen LogP contribution in [0.25, 0.3) is 38.8 Å². The molecule has 724 valence electrons. The number of nitrogens with zero attached hydrogens (tertiary/aromatic N) is 7. The molecule has 4 fully saturated rings. The number of hydrogen-bond donors (Lipinski definition) is 3. The lowest BCUT2D eigenvalue weighted by Crippen LogP contribution is -2.61. The minimum Gasteiger partial charge on any atom is -0.481 e. The zero-order valence-electron chi connectivity index (χ0n) is 79.4. The van der Waals surface area contributed by atoms with Crippen LogP contribution in [0.2, 0.25) is 0 Å². The van der Waals surface area contributed by atoms with E-state index < -0.39 is 83.9 Å². The fourth-order valence-electron chi connectivity index (χ4n) is 18.3. The first-order valence-corrected chi connectivity index (χ1v) is 47.6. The van der Waals surface area contributed by atoms with Crippen molar-refractivity contribution in [2.45, 2.75) is 219 Å². The SMILES string of the molecule is CO[C@H]1C[C@@H]2CC[C@@H](C)[C@@](O)(O2)C(=O)C(=O)N2CCCC[C@H]2C(=O)O[C@H]([C@H](C)C[C@@H]2CC[C@@H](OC(=S)CCCOCCOCCOCCOCCOCCOCCOCCOCCC(=O)N3CCN(c4ccc(-n5c(=O)n(C)c6cnc7ccc(-c8ccc(C)nc8)cc7c65)cc4C)CC3)[C@H](OC)C2)C[C@@H](O)[C@H](C)/C=C(\C)[C@@H](O)[C@@H](OC)C(=O)[C@H](C)C[C@H](C)/C=C/C=C/C=C/1C. The molecule has 5 aliphatic rings. The Hall–Kier alpha value is -7.93. The van der Waals surface area contributed by atoms with Crippen LogP contribution in [0.1, 0.15) is 156 Å². The fourth-order valence-corrected chi connectivity index (χ4v) is 18.5. The highest BCUT2D eigenvalue weighted by Gasteiger charge is 2.53. The second-order valence-electron chi connectivity index (χ2n) is 35.9. The van der Waals surface area contributed by atoms with Crippen molar-refractivity contribution in [3.63, 3.8) is 0 Å². The van der Waals surface area contributed by atoms with Gasteiger partial charge in [-0.1, -0.05) is 83.2 Å². The standard InChI is InChI=1S/C100H145N7O23S/c1-66-20-15-14-16-21-67(2)87(117-11)62-79-30-24-73(8)100(116,130-79)96(112)97(113)106-35-18-17-22-83(106)98(114)129-88(63-85(108)69(4)57-72(7)94(111)95(119-13)93(110)71(6)56-66)70(5)58-75-26-33-86(89(60-75)118-12)128-91(131)23-19-40-120-42-44-122-46-48-124-50-52-126-54-55-127-53-51-125-49-47-123-45-43-121-41-34-90(109)105-38-36-104(37-39-105)82-32-29-78(59-68(82)3)107-92-80-61-76(77-27-25-74(9)101-64-77)28-31-81(80)102-65-84(92)103(10)99(107)115/h14-16,20-21,25,27-29,31-32,57,59,61,64-66,69-71,73,75,79,83,85-89,94-95,108,111,116H,17-19,22-24,26,30,33-56,58,60,62-63H2,1-13H3/b16-14+,20-15+,67-21+,72-57+/t66-,69-,70-,71-,73-,75+,79+,83+,85-,86-,87+,88+,89-,94-,95+,100-/m1/s1. The molecule has 3 N–H and O–H groups in total. The number of cyclic esters (lactones) is 1. The predicted molar refractivity (Wildman–Crippen MR) is 503 cm³/mol. The van der Waals surface area contributed by atoms with Crippen LogP contribution < -0.4 is 10.6 Å². The van der Waals surface area contributed by atoms with E-state index in [1.165, 1.54) is 12.0 Å². The zero-order chi connectivity index (χ0) is 94.1. The van der Waals surface area contributed by atoms with Gasteiger partial charge >= 0.3 is 11.7 Å². The number of anilines is 1. The van der Waals surface area contributed by atoms with Crippen LogP contribution >= 0.6 is 12.2 Å². The fraction of sp³-hybridized carbons (Fsp3) is 0.650. The molecule has 30 nitrogen and oxygen atoms in total. The molecule has 0 radical (unpaired) electrons. The number of thiocarbonyl (C=S) groups is 1. The van der Waals surface area contributed by atoms with Crippen molar-refractivity contribution in [3.8, 4) is 16.8 Å². The highest BCUT2D eigenvalue weighted by molar-refractivity contribution is 7.80. The highest BCUT2D eigenvalue weighted by atomic mass is 32.1. The number of amides is 2. The Balaban J connectivity index is 0.549. The molecule has 7 heterocycles. The van der Waals surface area contributed by atoms with Gasteiger partial charge in [0.25, 0.3) is 11.7 Å². The number of rotatable bonds is 38. The Labute approximate surface area is 778 Å². The Morgan fingerprint density at radius 3 is 1.92 bits per heavy atom. The molecule has 0 unspecified atom stereocenters. The second-order valence-corrected chi connectivity index (χ2v) is 36.4. The van der Waals surface area contributed by atoms with Crippen LogP contribution in [-0.4, -0.2) is 299 Å². The summed E-state index contributed by atoms with van der Waals surface area (Å²) in [4.78, 5) is 99.5. The predicted octanol–water partition coefficient (Wildman–Crippen LogP) is 11.8. The summed E-state index contributed by atoms with van der Waals surface area (Å²) >= 11 is 5.74. The van der Waals surface area contributed by atoms with Crippen LogP contribution in [0.4, 0.5) is 5.69 Å². The number of fused-ring (bicyclic) bond motifs is 6. The number of hydrogen-bond acceptors (Lipinski definition) is 27. The van der Waals surface area contributed by atoms with Gasteiger partial charge in [-0.2, -0.15) is 0 Å². The molecule has 5 aromatic rings. The van der Waals surface area contributed by atoms with E-state index in [9.17, 15) is 44.1 Å². The number of aliphatic hydroxyl groups is 3. The summed E-state index contributed by atoms with van der Waals surface area (Å²) in [7, 11) is 6.41. The van der Waals surface area contributed by atoms with E-state index in [1.54, 1.807) is 63.4 Å². The molecule has 4 aliphatic heterocycles. The van der Waals surface area contributed by atoms with Crippen molar-refractivity contribution in [2.24, 2.45) is 42.6 Å². The van der Waals surface area contributed by atoms with E-state index in [-0.39, 0.29) is 66.7 Å². The van der Waals surface area contributed by atoms with Gasteiger partial charge in [0, 0.05) is 133 Å². The first-order chi connectivity index (χ1) is 63.1. The molecule has 1 saturated carbocycles. The van der Waals surface area contributed by atoms with Crippen molar-refractivity contribution in [1.82, 2.24) is 28.9 Å². The second kappa shape index (κ2) is 53.4. The van der Waals surface area contributed by atoms with Crippen molar-refractivity contribution in [2.75, 3.05) is 165 Å². The Bertz CT molecular complexity index is 4660. The lowest BCUT2D eigenvalue weighted by atomic mass is 9.78. The minimum absolute atomic E-state index is 0.00214. The van der Waals surface area contributed by atoms with Crippen molar-refractivity contribution in [3.05, 3.63) is 130 Å². The number of carbonyl (C=O) groups excluding carboxylic acids is 5. The number of benzene rings is 2. The van der Waals surface area contributed by atoms with Gasteiger partial charge in [0.2, 0.25) is 11.7 Å². The quantitative estimate of drug-likeness (QED) is 0.0109. The first kappa shape index (κ1) is 105. The summed E-state index contributed by atoms with van der Waals surface area (Å²) in [5, 5.41) is 37.3. The number of aliphatic hydroxyl groups excluding tert-OH is 2. The Morgan fingerprint density at radius 1 is 0.641 bits per heavy atom. The van der Waals surface area contributed by atoms with Gasteiger partial charge < -0.3 is 96.3 Å². The third-order valence-corrected chi connectivity index (χ3v) is 26.5. The number of imidazole rings is 1. The van der Waals surface area contributed by atoms with Crippen molar-refractivity contribution < 1.29 is 106 Å². The zero-order valence-corrected chi connectivity index (χ0v) is 80.2. The summed E-state index contributed by atoms with van der Waals surface area (Å²) < 4.78 is 85.7. The van der Waals surface area contributed by atoms with Gasteiger partial charge in [0.1, 0.15) is 30.5 Å².